The molecule has 5 heteroatoms. The Kier molecular flexibility index (Phi) is 4.69. The molecule has 0 saturated carbocycles. The van der Waals surface area contributed by atoms with Crippen LogP contribution in [0, 0.1) is 19.8 Å². The molecule has 2 N–H and O–H groups in total. The van der Waals surface area contributed by atoms with Gasteiger partial charge in [-0.1, -0.05) is 13.8 Å². The van der Waals surface area contributed by atoms with Crippen molar-refractivity contribution in [1.29, 1.82) is 0 Å². The van der Waals surface area contributed by atoms with Crippen LogP contribution in [0.4, 0.5) is 0 Å². The maximum absolute atomic E-state index is 11.6. The molecule has 96 valence electrons. The lowest BCUT2D eigenvalue weighted by Crippen LogP contribution is -2.36. The summed E-state index contributed by atoms with van der Waals surface area (Å²) < 4.78 is 1.66. The highest BCUT2D eigenvalue weighted by Crippen LogP contribution is 2.02. The van der Waals surface area contributed by atoms with Crippen LogP contribution in [0.1, 0.15) is 25.2 Å². The van der Waals surface area contributed by atoms with Crippen LogP contribution in [0.5, 0.6) is 0 Å². The molecule has 1 aromatic rings. The standard InChI is InChI=1S/C12H21N3O2/c1-8(2)11(16)6-13-12(17)7-15-10(4)5-9(3)14-15/h5,8,11,16H,6-7H2,1-4H3,(H,13,17). The molecule has 1 rings (SSSR count). The van der Waals surface area contributed by atoms with E-state index in [1.807, 2.05) is 33.8 Å². The number of aromatic nitrogens is 2. The van der Waals surface area contributed by atoms with Crippen molar-refractivity contribution in [2.75, 3.05) is 6.54 Å². The quantitative estimate of drug-likeness (QED) is 0.792. The van der Waals surface area contributed by atoms with E-state index in [2.05, 4.69) is 10.4 Å². The van der Waals surface area contributed by atoms with Gasteiger partial charge < -0.3 is 10.4 Å². The first-order valence-corrected chi connectivity index (χ1v) is 5.86. The van der Waals surface area contributed by atoms with Crippen LogP contribution in [-0.2, 0) is 11.3 Å². The minimum Gasteiger partial charge on any atom is -0.391 e. The van der Waals surface area contributed by atoms with Gasteiger partial charge in [0.15, 0.2) is 0 Å². The predicted molar refractivity (Wildman–Crippen MR) is 65.6 cm³/mol. The first kappa shape index (κ1) is 13.7. The summed E-state index contributed by atoms with van der Waals surface area (Å²) in [6, 6.07) is 1.93. The highest BCUT2D eigenvalue weighted by Gasteiger charge is 2.11. The molecule has 0 saturated heterocycles. The molecule has 0 aliphatic carbocycles. The summed E-state index contributed by atoms with van der Waals surface area (Å²) in [7, 11) is 0. The summed E-state index contributed by atoms with van der Waals surface area (Å²) in [5.41, 5.74) is 1.86. The number of hydrogen-bond donors (Lipinski definition) is 2. The Morgan fingerprint density at radius 1 is 1.53 bits per heavy atom. The van der Waals surface area contributed by atoms with Crippen molar-refractivity contribution < 1.29 is 9.90 Å². The average molecular weight is 239 g/mol. The average Bonchev–Trinajstić information content (AvgIpc) is 2.53. The zero-order chi connectivity index (χ0) is 13.0. The number of aliphatic hydroxyl groups is 1. The number of aryl methyl sites for hydroxylation is 2. The Morgan fingerprint density at radius 3 is 2.65 bits per heavy atom. The van der Waals surface area contributed by atoms with E-state index in [1.54, 1.807) is 4.68 Å². The number of aliphatic hydroxyl groups excluding tert-OH is 1. The second-order valence-corrected chi connectivity index (χ2v) is 4.70. The summed E-state index contributed by atoms with van der Waals surface area (Å²) in [5.74, 6) is 0.0138. The van der Waals surface area contributed by atoms with Gasteiger partial charge in [-0.25, -0.2) is 0 Å². The third-order valence-corrected chi connectivity index (χ3v) is 2.67. The van der Waals surface area contributed by atoms with Gasteiger partial charge in [0.25, 0.3) is 0 Å². The lowest BCUT2D eigenvalue weighted by atomic mass is 10.1. The Balaban J connectivity index is 2.42. The van der Waals surface area contributed by atoms with Crippen molar-refractivity contribution in [2.24, 2.45) is 5.92 Å². The molecular formula is C12H21N3O2. The second-order valence-electron chi connectivity index (χ2n) is 4.70. The minimum absolute atomic E-state index is 0.129. The van der Waals surface area contributed by atoms with Gasteiger partial charge in [-0.3, -0.25) is 9.48 Å². The van der Waals surface area contributed by atoms with Crippen molar-refractivity contribution >= 4 is 5.91 Å². The van der Waals surface area contributed by atoms with Crippen molar-refractivity contribution in [2.45, 2.75) is 40.3 Å². The summed E-state index contributed by atoms with van der Waals surface area (Å²) >= 11 is 0. The summed E-state index contributed by atoms with van der Waals surface area (Å²) in [5, 5.41) is 16.5. The molecule has 1 amide bonds. The Morgan fingerprint density at radius 2 is 2.18 bits per heavy atom. The minimum atomic E-state index is -0.501. The number of amides is 1. The maximum Gasteiger partial charge on any atom is 0.241 e. The molecule has 1 atom stereocenters. The van der Waals surface area contributed by atoms with Crippen LogP contribution in [0.2, 0.25) is 0 Å². The lowest BCUT2D eigenvalue weighted by molar-refractivity contribution is -0.122. The number of nitrogens with one attached hydrogen (secondary N) is 1. The first-order valence-electron chi connectivity index (χ1n) is 5.86. The molecule has 0 aliphatic heterocycles. The largest absolute Gasteiger partial charge is 0.391 e. The topological polar surface area (TPSA) is 67.2 Å². The lowest BCUT2D eigenvalue weighted by Gasteiger charge is -2.15. The summed E-state index contributed by atoms with van der Waals surface area (Å²) in [6.07, 6.45) is -0.501. The number of nitrogens with zero attached hydrogens (tertiary/aromatic N) is 2. The van der Waals surface area contributed by atoms with Gasteiger partial charge in [0, 0.05) is 12.2 Å². The third kappa shape index (κ3) is 4.19. The van der Waals surface area contributed by atoms with Gasteiger partial charge in [0.1, 0.15) is 6.54 Å². The smallest absolute Gasteiger partial charge is 0.241 e. The molecule has 5 nitrogen and oxygen atoms in total. The molecule has 0 fully saturated rings. The molecule has 0 spiro atoms. The zero-order valence-electron chi connectivity index (χ0n) is 10.9. The summed E-state index contributed by atoms with van der Waals surface area (Å²) in [4.78, 5) is 11.6. The fourth-order valence-corrected chi connectivity index (χ4v) is 1.48. The van der Waals surface area contributed by atoms with Gasteiger partial charge in [0.2, 0.25) is 5.91 Å². The van der Waals surface area contributed by atoms with Crippen molar-refractivity contribution in [3.05, 3.63) is 17.5 Å². The molecule has 1 unspecified atom stereocenters. The molecule has 1 aromatic heterocycles. The SMILES string of the molecule is Cc1cc(C)n(CC(=O)NCC(O)C(C)C)n1. The van der Waals surface area contributed by atoms with E-state index in [1.165, 1.54) is 0 Å². The van der Waals surface area contributed by atoms with Crippen LogP contribution in [-0.4, -0.2) is 33.4 Å². The van der Waals surface area contributed by atoms with Gasteiger partial charge in [-0.05, 0) is 25.8 Å². The van der Waals surface area contributed by atoms with Crippen LogP contribution in [0.3, 0.4) is 0 Å². The number of hydrogen-bond acceptors (Lipinski definition) is 3. The maximum atomic E-state index is 11.6. The van der Waals surface area contributed by atoms with E-state index < -0.39 is 6.10 Å². The first-order chi connectivity index (χ1) is 7.90. The van der Waals surface area contributed by atoms with Crippen LogP contribution in [0.15, 0.2) is 6.07 Å². The molecule has 0 aromatic carbocycles. The Labute approximate surface area is 102 Å². The Hall–Kier alpha value is -1.36. The van der Waals surface area contributed by atoms with Crippen LogP contribution >= 0.6 is 0 Å². The fourth-order valence-electron chi connectivity index (χ4n) is 1.48. The van der Waals surface area contributed by atoms with E-state index in [4.69, 9.17) is 0 Å². The van der Waals surface area contributed by atoms with Crippen molar-refractivity contribution in [1.82, 2.24) is 15.1 Å². The van der Waals surface area contributed by atoms with Crippen LogP contribution in [0.25, 0.3) is 0 Å². The summed E-state index contributed by atoms with van der Waals surface area (Å²) in [6.45, 7) is 8.12. The molecule has 0 radical (unpaired) electrons. The highest BCUT2D eigenvalue weighted by atomic mass is 16.3. The van der Waals surface area contributed by atoms with Gasteiger partial charge in [-0.2, -0.15) is 5.10 Å². The highest BCUT2D eigenvalue weighted by molar-refractivity contribution is 5.75. The van der Waals surface area contributed by atoms with Gasteiger partial charge in [-0.15, -0.1) is 0 Å². The molecular weight excluding hydrogens is 218 g/mol. The Bertz CT molecular complexity index is 385. The molecule has 17 heavy (non-hydrogen) atoms. The second kappa shape index (κ2) is 5.82. The van der Waals surface area contributed by atoms with Gasteiger partial charge >= 0.3 is 0 Å². The van der Waals surface area contributed by atoms with E-state index in [0.29, 0.717) is 0 Å². The fraction of sp³-hybridized carbons (Fsp3) is 0.667. The van der Waals surface area contributed by atoms with Crippen molar-refractivity contribution in [3.63, 3.8) is 0 Å². The number of rotatable bonds is 5. The number of carbonyl (C=O) groups excluding carboxylic acids is 1. The van der Waals surface area contributed by atoms with E-state index >= 15 is 0 Å². The third-order valence-electron chi connectivity index (χ3n) is 2.67. The molecule has 1 heterocycles. The molecule has 0 aliphatic rings. The predicted octanol–water partition coefficient (Wildman–Crippen LogP) is 0.633. The van der Waals surface area contributed by atoms with E-state index in [-0.39, 0.29) is 24.9 Å². The van der Waals surface area contributed by atoms with E-state index in [9.17, 15) is 9.90 Å². The van der Waals surface area contributed by atoms with Gasteiger partial charge in [0.05, 0.1) is 11.8 Å². The number of carbonyl (C=O) groups is 1. The van der Waals surface area contributed by atoms with Crippen LogP contribution < -0.4 is 5.32 Å². The normalized spacial score (nSPS) is 12.8. The molecule has 0 bridgehead atoms. The zero-order valence-corrected chi connectivity index (χ0v) is 10.9. The monoisotopic (exact) mass is 239 g/mol. The van der Waals surface area contributed by atoms with E-state index in [0.717, 1.165) is 11.4 Å². The van der Waals surface area contributed by atoms with Crippen molar-refractivity contribution in [3.8, 4) is 0 Å².